The molecule has 0 amide bonds. The number of aryl methyl sites for hydroxylation is 1. The second-order valence-corrected chi connectivity index (χ2v) is 4.85. The normalized spacial score (nSPS) is 13.4. The molecule has 1 aromatic carbocycles. The smallest absolute Gasteiger partial charge is 0.334 e. The minimum atomic E-state index is -4.29. The molecule has 1 aromatic heterocycles. The number of hydrogen-bond donors (Lipinski definition) is 1. The van der Waals surface area contributed by atoms with Crippen LogP contribution in [0.3, 0.4) is 0 Å². The summed E-state index contributed by atoms with van der Waals surface area (Å²) in [6.07, 6.45) is -0.649. The first-order valence-electron chi connectivity index (χ1n) is 6.82. The highest BCUT2D eigenvalue weighted by atomic mass is 19.4. The average Bonchev–Trinajstić information content (AvgIpc) is 2.91. The van der Waals surface area contributed by atoms with E-state index >= 15 is 0 Å². The van der Waals surface area contributed by atoms with Crippen LogP contribution in [-0.2, 0) is 19.3 Å². The highest BCUT2D eigenvalue weighted by molar-refractivity contribution is 5.26. The zero-order valence-corrected chi connectivity index (χ0v) is 12.0. The molecule has 0 radical (unpaired) electrons. The van der Waals surface area contributed by atoms with Gasteiger partial charge in [-0.15, -0.1) is 0 Å². The monoisotopic (exact) mass is 297 g/mol. The third kappa shape index (κ3) is 3.85. The van der Waals surface area contributed by atoms with Gasteiger partial charge in [0.15, 0.2) is 0 Å². The molecule has 21 heavy (non-hydrogen) atoms. The molecule has 2 rings (SSSR count). The van der Waals surface area contributed by atoms with Gasteiger partial charge in [-0.3, -0.25) is 0 Å². The van der Waals surface area contributed by atoms with Gasteiger partial charge in [0.1, 0.15) is 5.82 Å². The van der Waals surface area contributed by atoms with E-state index in [2.05, 4.69) is 10.3 Å². The van der Waals surface area contributed by atoms with Crippen LogP contribution in [0, 0.1) is 0 Å². The van der Waals surface area contributed by atoms with E-state index in [1.165, 1.54) is 12.1 Å². The molecule has 0 saturated heterocycles. The fourth-order valence-corrected chi connectivity index (χ4v) is 2.12. The number of hydrogen-bond acceptors (Lipinski definition) is 2. The molecule has 0 saturated carbocycles. The molecule has 0 bridgehead atoms. The Morgan fingerprint density at radius 1 is 1.24 bits per heavy atom. The number of imidazole rings is 1. The van der Waals surface area contributed by atoms with Crippen molar-refractivity contribution in [3.8, 4) is 0 Å². The predicted molar refractivity (Wildman–Crippen MR) is 74.6 cm³/mol. The minimum absolute atomic E-state index is 0.0470. The van der Waals surface area contributed by atoms with Gasteiger partial charge in [0, 0.05) is 25.0 Å². The molecule has 2 aromatic rings. The van der Waals surface area contributed by atoms with Crippen LogP contribution in [0.1, 0.15) is 36.8 Å². The van der Waals surface area contributed by atoms with Crippen LogP contribution in [0.2, 0.25) is 0 Å². The van der Waals surface area contributed by atoms with E-state index in [1.54, 1.807) is 6.20 Å². The zero-order valence-electron chi connectivity index (χ0n) is 12.0. The van der Waals surface area contributed by atoms with Gasteiger partial charge < -0.3 is 9.88 Å². The van der Waals surface area contributed by atoms with E-state index in [9.17, 15) is 13.2 Å². The lowest BCUT2D eigenvalue weighted by Gasteiger charge is -2.15. The summed E-state index contributed by atoms with van der Waals surface area (Å²) in [5.74, 6) is 0.913. The summed E-state index contributed by atoms with van der Waals surface area (Å²) in [6, 6.07) is 5.19. The van der Waals surface area contributed by atoms with Crippen LogP contribution in [0.5, 0.6) is 0 Å². The summed E-state index contributed by atoms with van der Waals surface area (Å²) in [6.45, 7) is 5.36. The SMILES string of the molecule is CCn1ccnc1CNC(C)c1ccc(C(F)(F)F)cc1. The Kier molecular flexibility index (Phi) is 4.67. The Balaban J connectivity index is 1.99. The van der Waals surface area contributed by atoms with Crippen LogP contribution >= 0.6 is 0 Å². The van der Waals surface area contributed by atoms with Crippen molar-refractivity contribution >= 4 is 0 Å². The van der Waals surface area contributed by atoms with Gasteiger partial charge in [-0.05, 0) is 31.5 Å². The van der Waals surface area contributed by atoms with E-state index in [-0.39, 0.29) is 6.04 Å². The fourth-order valence-electron chi connectivity index (χ4n) is 2.12. The first-order valence-corrected chi connectivity index (χ1v) is 6.82. The fraction of sp³-hybridized carbons (Fsp3) is 0.400. The highest BCUT2D eigenvalue weighted by Crippen LogP contribution is 2.29. The van der Waals surface area contributed by atoms with Crippen LogP contribution in [0.25, 0.3) is 0 Å². The molecule has 0 aliphatic rings. The van der Waals surface area contributed by atoms with Crippen LogP contribution in [-0.4, -0.2) is 9.55 Å². The topological polar surface area (TPSA) is 29.9 Å². The molecular weight excluding hydrogens is 279 g/mol. The molecule has 1 atom stereocenters. The maximum absolute atomic E-state index is 12.5. The maximum atomic E-state index is 12.5. The molecule has 1 unspecified atom stereocenters. The van der Waals surface area contributed by atoms with Crippen molar-refractivity contribution in [3.63, 3.8) is 0 Å². The third-order valence-corrected chi connectivity index (χ3v) is 3.45. The van der Waals surface area contributed by atoms with E-state index in [0.29, 0.717) is 6.54 Å². The largest absolute Gasteiger partial charge is 0.416 e. The molecule has 114 valence electrons. The number of rotatable bonds is 5. The predicted octanol–water partition coefficient (Wildman–Crippen LogP) is 3.77. The second kappa shape index (κ2) is 6.30. The lowest BCUT2D eigenvalue weighted by atomic mass is 10.1. The van der Waals surface area contributed by atoms with Crippen molar-refractivity contribution in [1.82, 2.24) is 14.9 Å². The van der Waals surface area contributed by atoms with E-state index < -0.39 is 11.7 Å². The van der Waals surface area contributed by atoms with Gasteiger partial charge in [-0.1, -0.05) is 12.1 Å². The molecule has 0 aliphatic heterocycles. The summed E-state index contributed by atoms with van der Waals surface area (Å²) in [5.41, 5.74) is 0.192. The number of halogens is 3. The Bertz CT molecular complexity index is 573. The van der Waals surface area contributed by atoms with Crippen molar-refractivity contribution < 1.29 is 13.2 Å². The summed E-state index contributed by atoms with van der Waals surface area (Å²) in [7, 11) is 0. The molecule has 1 N–H and O–H groups in total. The molecule has 0 aliphatic carbocycles. The van der Waals surface area contributed by atoms with E-state index in [0.717, 1.165) is 30.1 Å². The van der Waals surface area contributed by atoms with Gasteiger partial charge >= 0.3 is 6.18 Å². The lowest BCUT2D eigenvalue weighted by molar-refractivity contribution is -0.137. The third-order valence-electron chi connectivity index (χ3n) is 3.45. The maximum Gasteiger partial charge on any atom is 0.416 e. The molecule has 0 spiro atoms. The van der Waals surface area contributed by atoms with Crippen LogP contribution in [0.15, 0.2) is 36.7 Å². The van der Waals surface area contributed by atoms with E-state index in [4.69, 9.17) is 0 Å². The average molecular weight is 297 g/mol. The van der Waals surface area contributed by atoms with Crippen molar-refractivity contribution in [2.24, 2.45) is 0 Å². The van der Waals surface area contributed by atoms with E-state index in [1.807, 2.05) is 24.6 Å². The standard InChI is InChI=1S/C15H18F3N3/c1-3-21-9-8-19-14(21)10-20-11(2)12-4-6-13(7-5-12)15(16,17)18/h4-9,11,20H,3,10H2,1-2H3. The Hall–Kier alpha value is -1.82. The number of alkyl halides is 3. The van der Waals surface area contributed by atoms with Crippen molar-refractivity contribution in [2.75, 3.05) is 0 Å². The van der Waals surface area contributed by atoms with Gasteiger partial charge in [0.05, 0.1) is 12.1 Å². The lowest BCUT2D eigenvalue weighted by Crippen LogP contribution is -2.20. The minimum Gasteiger partial charge on any atom is -0.334 e. The van der Waals surface area contributed by atoms with Gasteiger partial charge in [0.2, 0.25) is 0 Å². The summed E-state index contributed by atoms with van der Waals surface area (Å²) in [5, 5.41) is 3.27. The number of nitrogens with one attached hydrogen (secondary N) is 1. The molecular formula is C15H18F3N3. The molecule has 6 heteroatoms. The molecule has 1 heterocycles. The van der Waals surface area contributed by atoms with Gasteiger partial charge in [0.25, 0.3) is 0 Å². The van der Waals surface area contributed by atoms with Crippen molar-refractivity contribution in [3.05, 3.63) is 53.6 Å². The molecule has 3 nitrogen and oxygen atoms in total. The summed E-state index contributed by atoms with van der Waals surface area (Å²) >= 11 is 0. The first kappa shape index (κ1) is 15.6. The Morgan fingerprint density at radius 2 is 1.90 bits per heavy atom. The zero-order chi connectivity index (χ0) is 15.5. The van der Waals surface area contributed by atoms with Crippen molar-refractivity contribution in [2.45, 2.75) is 39.2 Å². The number of benzene rings is 1. The van der Waals surface area contributed by atoms with Crippen molar-refractivity contribution in [1.29, 1.82) is 0 Å². The summed E-state index contributed by atoms with van der Waals surface area (Å²) in [4.78, 5) is 4.25. The van der Waals surface area contributed by atoms with Gasteiger partial charge in [-0.2, -0.15) is 13.2 Å². The first-order chi connectivity index (χ1) is 9.91. The summed E-state index contributed by atoms with van der Waals surface area (Å²) < 4.78 is 39.6. The Morgan fingerprint density at radius 3 is 2.48 bits per heavy atom. The number of aromatic nitrogens is 2. The van der Waals surface area contributed by atoms with Crippen LogP contribution < -0.4 is 5.32 Å². The number of nitrogens with zero attached hydrogens (tertiary/aromatic N) is 2. The quantitative estimate of drug-likeness (QED) is 0.910. The Labute approximate surface area is 121 Å². The molecule has 0 fully saturated rings. The van der Waals surface area contributed by atoms with Crippen LogP contribution in [0.4, 0.5) is 13.2 Å². The second-order valence-electron chi connectivity index (χ2n) is 4.85. The highest BCUT2D eigenvalue weighted by Gasteiger charge is 2.30. The van der Waals surface area contributed by atoms with Gasteiger partial charge in [-0.25, -0.2) is 4.98 Å².